The summed E-state index contributed by atoms with van der Waals surface area (Å²) in [5.74, 6) is 3.99. The number of hydrogen-bond acceptors (Lipinski definition) is 2. The number of rotatable bonds is 3. The first-order valence-electron chi connectivity index (χ1n) is 11.1. The molecule has 0 unspecified atom stereocenters. The SMILES string of the molecule is C=C(C)[C@H]1CC[C@H]2[C@@H]3CC[C@H]4CC(OC)(OC)CC[C@]4(C)[C@H]3CC[C@]12C. The Morgan fingerprint density at radius 1 is 0.846 bits per heavy atom. The zero-order valence-corrected chi connectivity index (χ0v) is 17.8. The molecule has 0 aromatic heterocycles. The highest BCUT2D eigenvalue weighted by atomic mass is 16.7. The number of hydrogen-bond donors (Lipinski definition) is 0. The summed E-state index contributed by atoms with van der Waals surface area (Å²) in [6.07, 6.45) is 11.9. The second-order valence-electron chi connectivity index (χ2n) is 10.7. The Morgan fingerprint density at radius 2 is 1.54 bits per heavy atom. The lowest BCUT2D eigenvalue weighted by Gasteiger charge is -2.62. The Morgan fingerprint density at radius 3 is 2.19 bits per heavy atom. The van der Waals surface area contributed by atoms with Crippen molar-refractivity contribution < 1.29 is 9.47 Å². The summed E-state index contributed by atoms with van der Waals surface area (Å²) in [7, 11) is 3.67. The van der Waals surface area contributed by atoms with Gasteiger partial charge >= 0.3 is 0 Å². The van der Waals surface area contributed by atoms with Crippen molar-refractivity contribution in [2.75, 3.05) is 14.2 Å². The topological polar surface area (TPSA) is 18.5 Å². The molecule has 0 aliphatic heterocycles. The van der Waals surface area contributed by atoms with Crippen LogP contribution in [0.2, 0.25) is 0 Å². The monoisotopic (exact) mass is 360 g/mol. The Bertz CT molecular complexity index is 565. The van der Waals surface area contributed by atoms with Crippen LogP contribution in [0.4, 0.5) is 0 Å². The Hall–Kier alpha value is -0.340. The van der Waals surface area contributed by atoms with Crippen molar-refractivity contribution in [1.82, 2.24) is 0 Å². The molecular weight excluding hydrogens is 320 g/mol. The second kappa shape index (κ2) is 6.34. The number of methoxy groups -OCH3 is 2. The summed E-state index contributed by atoms with van der Waals surface area (Å²) >= 11 is 0. The van der Waals surface area contributed by atoms with Crippen LogP contribution in [-0.4, -0.2) is 20.0 Å². The van der Waals surface area contributed by atoms with Crippen LogP contribution in [0.15, 0.2) is 12.2 Å². The van der Waals surface area contributed by atoms with E-state index >= 15 is 0 Å². The van der Waals surface area contributed by atoms with Crippen LogP contribution in [-0.2, 0) is 9.47 Å². The molecule has 148 valence electrons. The average molecular weight is 361 g/mol. The molecule has 0 N–H and O–H groups in total. The average Bonchev–Trinajstić information content (AvgIpc) is 2.99. The highest BCUT2D eigenvalue weighted by molar-refractivity contribution is 5.15. The Labute approximate surface area is 161 Å². The highest BCUT2D eigenvalue weighted by Crippen LogP contribution is 2.68. The summed E-state index contributed by atoms with van der Waals surface area (Å²) in [6.45, 7) is 11.9. The third kappa shape index (κ3) is 2.50. The van der Waals surface area contributed by atoms with Gasteiger partial charge in [-0.25, -0.2) is 0 Å². The van der Waals surface area contributed by atoms with Crippen LogP contribution < -0.4 is 0 Å². The van der Waals surface area contributed by atoms with Gasteiger partial charge in [-0.05, 0) is 92.3 Å². The van der Waals surface area contributed by atoms with Crippen LogP contribution in [0.1, 0.15) is 78.6 Å². The molecule has 4 fully saturated rings. The van der Waals surface area contributed by atoms with E-state index in [0.717, 1.165) is 42.4 Å². The van der Waals surface area contributed by atoms with Gasteiger partial charge in [-0.3, -0.25) is 0 Å². The number of fused-ring (bicyclic) bond motifs is 5. The van der Waals surface area contributed by atoms with E-state index < -0.39 is 0 Å². The normalized spacial score (nSPS) is 49.8. The fraction of sp³-hybridized carbons (Fsp3) is 0.917. The first kappa shape index (κ1) is 19.0. The predicted octanol–water partition coefficient (Wildman–Crippen LogP) is 6.21. The van der Waals surface area contributed by atoms with Gasteiger partial charge in [0.05, 0.1) is 0 Å². The van der Waals surface area contributed by atoms with Gasteiger partial charge in [0.1, 0.15) is 0 Å². The van der Waals surface area contributed by atoms with Crippen molar-refractivity contribution in [3.05, 3.63) is 12.2 Å². The van der Waals surface area contributed by atoms with E-state index in [2.05, 4.69) is 27.4 Å². The quantitative estimate of drug-likeness (QED) is 0.440. The Kier molecular flexibility index (Phi) is 4.63. The lowest BCUT2D eigenvalue weighted by Crippen LogP contribution is -2.56. The van der Waals surface area contributed by atoms with E-state index in [1.807, 2.05) is 14.2 Å². The lowest BCUT2D eigenvalue weighted by molar-refractivity contribution is -0.261. The maximum absolute atomic E-state index is 5.85. The molecule has 0 aromatic carbocycles. The first-order valence-corrected chi connectivity index (χ1v) is 11.1. The maximum Gasteiger partial charge on any atom is 0.167 e. The van der Waals surface area contributed by atoms with Crippen molar-refractivity contribution in [3.8, 4) is 0 Å². The largest absolute Gasteiger partial charge is 0.353 e. The molecule has 0 saturated heterocycles. The molecule has 4 aliphatic carbocycles. The van der Waals surface area contributed by atoms with Gasteiger partial charge in [0.2, 0.25) is 0 Å². The van der Waals surface area contributed by atoms with E-state index in [0.29, 0.717) is 10.8 Å². The molecule has 0 aromatic rings. The van der Waals surface area contributed by atoms with Crippen LogP contribution in [0.5, 0.6) is 0 Å². The molecule has 0 radical (unpaired) electrons. The van der Waals surface area contributed by atoms with E-state index in [9.17, 15) is 0 Å². The zero-order valence-electron chi connectivity index (χ0n) is 17.8. The van der Waals surface area contributed by atoms with Gasteiger partial charge in [-0.15, -0.1) is 0 Å². The van der Waals surface area contributed by atoms with E-state index in [1.165, 1.54) is 50.5 Å². The molecule has 0 bridgehead atoms. The summed E-state index contributed by atoms with van der Waals surface area (Å²) in [5, 5.41) is 0. The minimum Gasteiger partial charge on any atom is -0.353 e. The third-order valence-corrected chi connectivity index (χ3v) is 10.0. The highest BCUT2D eigenvalue weighted by Gasteiger charge is 2.61. The van der Waals surface area contributed by atoms with Crippen molar-refractivity contribution in [1.29, 1.82) is 0 Å². The van der Waals surface area contributed by atoms with Crippen molar-refractivity contribution in [3.63, 3.8) is 0 Å². The lowest BCUT2D eigenvalue weighted by atomic mass is 9.44. The van der Waals surface area contributed by atoms with E-state index in [1.54, 1.807) is 0 Å². The van der Waals surface area contributed by atoms with Gasteiger partial charge in [0, 0.05) is 27.1 Å². The smallest absolute Gasteiger partial charge is 0.167 e. The molecule has 26 heavy (non-hydrogen) atoms. The molecule has 0 heterocycles. The zero-order chi connectivity index (χ0) is 18.7. The van der Waals surface area contributed by atoms with Gasteiger partial charge in [-0.2, -0.15) is 0 Å². The number of allylic oxidation sites excluding steroid dienone is 1. The molecule has 2 heteroatoms. The fourth-order valence-corrected chi connectivity index (χ4v) is 8.46. The molecule has 7 atom stereocenters. The summed E-state index contributed by atoms with van der Waals surface area (Å²) in [4.78, 5) is 0. The minimum atomic E-state index is -0.321. The van der Waals surface area contributed by atoms with Crippen LogP contribution in [0, 0.1) is 40.4 Å². The van der Waals surface area contributed by atoms with Gasteiger partial charge < -0.3 is 9.47 Å². The second-order valence-corrected chi connectivity index (χ2v) is 10.7. The van der Waals surface area contributed by atoms with E-state index in [-0.39, 0.29) is 5.79 Å². The van der Waals surface area contributed by atoms with Gasteiger partial charge in [-0.1, -0.05) is 26.0 Å². The van der Waals surface area contributed by atoms with Crippen molar-refractivity contribution in [2.45, 2.75) is 84.3 Å². The standard InChI is InChI=1S/C24H40O2/c1-16(2)19-9-10-20-18-8-7-17-15-24(25-5,26-6)14-13-22(17,3)21(18)11-12-23(19,20)4/h17-21H,1,7-15H2,2-6H3/t17-,18-,19+,20-,21-,22-,23+/m0/s1. The molecule has 4 aliphatic rings. The molecule has 4 rings (SSSR count). The minimum absolute atomic E-state index is 0.321. The summed E-state index contributed by atoms with van der Waals surface area (Å²) in [5.41, 5.74) is 2.45. The van der Waals surface area contributed by atoms with Crippen LogP contribution >= 0.6 is 0 Å². The molecule has 2 nitrogen and oxygen atoms in total. The summed E-state index contributed by atoms with van der Waals surface area (Å²) < 4.78 is 11.7. The first-order chi connectivity index (χ1) is 12.3. The van der Waals surface area contributed by atoms with Gasteiger partial charge in [0.25, 0.3) is 0 Å². The van der Waals surface area contributed by atoms with E-state index in [4.69, 9.17) is 9.47 Å². The summed E-state index contributed by atoms with van der Waals surface area (Å²) in [6, 6.07) is 0. The molecule has 0 spiro atoms. The van der Waals surface area contributed by atoms with Crippen LogP contribution in [0.25, 0.3) is 0 Å². The maximum atomic E-state index is 5.85. The van der Waals surface area contributed by atoms with Crippen LogP contribution in [0.3, 0.4) is 0 Å². The molecular formula is C24H40O2. The van der Waals surface area contributed by atoms with Gasteiger partial charge in [0.15, 0.2) is 5.79 Å². The van der Waals surface area contributed by atoms with Crippen molar-refractivity contribution in [2.24, 2.45) is 40.4 Å². The predicted molar refractivity (Wildman–Crippen MR) is 107 cm³/mol. The molecule has 0 amide bonds. The third-order valence-electron chi connectivity index (χ3n) is 10.0. The van der Waals surface area contributed by atoms with Crippen molar-refractivity contribution >= 4 is 0 Å². The molecule has 4 saturated carbocycles. The number of ether oxygens (including phenoxy) is 2. The fourth-order valence-electron chi connectivity index (χ4n) is 8.46. The Balaban J connectivity index is 1.58.